The van der Waals surface area contributed by atoms with Crippen molar-refractivity contribution in [2.75, 3.05) is 0 Å². The fraction of sp³-hybridized carbons (Fsp3) is 0.0455. The maximum absolute atomic E-state index is 13.3. The van der Waals surface area contributed by atoms with Crippen LogP contribution in [0.4, 0.5) is 0 Å². The van der Waals surface area contributed by atoms with Crippen molar-refractivity contribution >= 4 is 26.7 Å². The lowest BCUT2D eigenvalue weighted by atomic mass is 10.0. The van der Waals surface area contributed by atoms with Crippen LogP contribution in [0.5, 0.6) is 0 Å². The molecule has 0 spiro atoms. The van der Waals surface area contributed by atoms with Crippen molar-refractivity contribution in [1.29, 1.82) is 0 Å². The summed E-state index contributed by atoms with van der Waals surface area (Å²) in [7, 11) is -4.00. The lowest BCUT2D eigenvalue weighted by molar-refractivity contribution is 0.103. The molecule has 0 saturated heterocycles. The molecular weight excluding hydrogens is 374 g/mol. The predicted octanol–water partition coefficient (Wildman–Crippen LogP) is 3.60. The Balaban J connectivity index is 2.06. The third kappa shape index (κ3) is 2.83. The molecular formula is C22H17NO4S. The molecule has 5 nitrogen and oxygen atoms in total. The van der Waals surface area contributed by atoms with Crippen LogP contribution < -0.4 is 0 Å². The SMILES string of the molecule is O=C(c1ccccc1)c1c(CO)n(S(=O)(=O)c2ccccc2)c2ccccc12. The Kier molecular flexibility index (Phi) is 4.58. The molecule has 28 heavy (non-hydrogen) atoms. The van der Waals surface area contributed by atoms with Gasteiger partial charge in [-0.3, -0.25) is 4.79 Å². The van der Waals surface area contributed by atoms with Crippen molar-refractivity contribution in [3.05, 3.63) is 102 Å². The topological polar surface area (TPSA) is 76.4 Å². The standard InChI is InChI=1S/C22H17NO4S/c24-15-20-21(22(25)16-9-3-1-4-10-16)18-13-7-8-14-19(18)23(20)28(26,27)17-11-5-2-6-12-17/h1-14,24H,15H2. The minimum atomic E-state index is -4.00. The summed E-state index contributed by atoms with van der Waals surface area (Å²) in [6.07, 6.45) is 0. The highest BCUT2D eigenvalue weighted by Crippen LogP contribution is 2.32. The van der Waals surface area contributed by atoms with Gasteiger partial charge in [0.15, 0.2) is 5.78 Å². The minimum Gasteiger partial charge on any atom is -0.390 e. The molecule has 3 aromatic carbocycles. The number of nitrogens with zero attached hydrogens (tertiary/aromatic N) is 1. The molecule has 4 rings (SSSR count). The van der Waals surface area contributed by atoms with E-state index in [-0.39, 0.29) is 21.9 Å². The molecule has 0 bridgehead atoms. The number of para-hydroxylation sites is 1. The first-order chi connectivity index (χ1) is 13.6. The van der Waals surface area contributed by atoms with Gasteiger partial charge in [-0.1, -0.05) is 66.7 Å². The number of aliphatic hydroxyl groups is 1. The Morgan fingerprint density at radius 1 is 0.821 bits per heavy atom. The van der Waals surface area contributed by atoms with Crippen molar-refractivity contribution in [3.8, 4) is 0 Å². The van der Waals surface area contributed by atoms with E-state index in [2.05, 4.69) is 0 Å². The first kappa shape index (κ1) is 18.2. The Bertz CT molecular complexity index is 1260. The molecule has 0 aliphatic rings. The number of carbonyl (C=O) groups is 1. The molecule has 4 aromatic rings. The fourth-order valence-electron chi connectivity index (χ4n) is 3.37. The summed E-state index contributed by atoms with van der Waals surface area (Å²) in [5.74, 6) is -0.331. The Morgan fingerprint density at radius 2 is 1.39 bits per heavy atom. The van der Waals surface area contributed by atoms with E-state index in [9.17, 15) is 18.3 Å². The zero-order valence-corrected chi connectivity index (χ0v) is 15.6. The number of carbonyl (C=O) groups excluding carboxylic acids is 1. The zero-order chi connectivity index (χ0) is 19.7. The van der Waals surface area contributed by atoms with Crippen molar-refractivity contribution in [3.63, 3.8) is 0 Å². The first-order valence-corrected chi connectivity index (χ1v) is 10.1. The van der Waals surface area contributed by atoms with Crippen molar-refractivity contribution in [2.45, 2.75) is 11.5 Å². The fourth-order valence-corrected chi connectivity index (χ4v) is 4.94. The molecule has 0 unspecified atom stereocenters. The third-order valence-electron chi connectivity index (χ3n) is 4.62. The smallest absolute Gasteiger partial charge is 0.268 e. The number of aromatic nitrogens is 1. The maximum Gasteiger partial charge on any atom is 0.268 e. The number of rotatable bonds is 5. The molecule has 0 aliphatic heterocycles. The van der Waals surface area contributed by atoms with E-state index >= 15 is 0 Å². The second-order valence-corrected chi connectivity index (χ2v) is 8.06. The lowest BCUT2D eigenvalue weighted by Crippen LogP contribution is -2.17. The largest absolute Gasteiger partial charge is 0.390 e. The highest BCUT2D eigenvalue weighted by Gasteiger charge is 2.29. The van der Waals surface area contributed by atoms with Crippen LogP contribution in [0.2, 0.25) is 0 Å². The molecule has 0 atom stereocenters. The number of aliphatic hydroxyl groups excluding tert-OH is 1. The monoisotopic (exact) mass is 391 g/mol. The van der Waals surface area contributed by atoms with Crippen LogP contribution >= 0.6 is 0 Å². The summed E-state index contributed by atoms with van der Waals surface area (Å²) in [6.45, 7) is -0.589. The highest BCUT2D eigenvalue weighted by molar-refractivity contribution is 7.90. The minimum absolute atomic E-state index is 0.0545. The van der Waals surface area contributed by atoms with E-state index < -0.39 is 16.6 Å². The molecule has 140 valence electrons. The van der Waals surface area contributed by atoms with Crippen molar-refractivity contribution in [1.82, 2.24) is 3.97 Å². The Hall–Kier alpha value is -3.22. The zero-order valence-electron chi connectivity index (χ0n) is 14.8. The van der Waals surface area contributed by atoms with Crippen LogP contribution in [0.15, 0.2) is 89.8 Å². The van der Waals surface area contributed by atoms with E-state index in [0.29, 0.717) is 16.5 Å². The van der Waals surface area contributed by atoms with Gasteiger partial charge in [-0.15, -0.1) is 0 Å². The summed E-state index contributed by atoms with van der Waals surface area (Å²) >= 11 is 0. The summed E-state index contributed by atoms with van der Waals surface area (Å²) in [4.78, 5) is 13.3. The highest BCUT2D eigenvalue weighted by atomic mass is 32.2. The first-order valence-electron chi connectivity index (χ1n) is 8.69. The number of hydrogen-bond donors (Lipinski definition) is 1. The summed E-state index contributed by atoms with van der Waals surface area (Å²) in [5.41, 5.74) is 1.04. The molecule has 1 heterocycles. The molecule has 0 amide bonds. The van der Waals surface area contributed by atoms with Gasteiger partial charge in [0.25, 0.3) is 10.0 Å². The molecule has 0 radical (unpaired) electrons. The van der Waals surface area contributed by atoms with Gasteiger partial charge in [-0.2, -0.15) is 0 Å². The molecule has 0 aliphatic carbocycles. The number of hydrogen-bond acceptors (Lipinski definition) is 4. The quantitative estimate of drug-likeness (QED) is 0.528. The summed E-state index contributed by atoms with van der Waals surface area (Å²) in [6, 6.07) is 23.4. The van der Waals surface area contributed by atoms with E-state index in [4.69, 9.17) is 0 Å². The van der Waals surface area contributed by atoms with Crippen LogP contribution in [-0.2, 0) is 16.6 Å². The van der Waals surface area contributed by atoms with Crippen LogP contribution in [-0.4, -0.2) is 23.3 Å². The van der Waals surface area contributed by atoms with Gasteiger partial charge in [-0.25, -0.2) is 12.4 Å². The number of benzene rings is 3. The van der Waals surface area contributed by atoms with Gasteiger partial charge in [0, 0.05) is 10.9 Å². The average Bonchev–Trinajstić information content (AvgIpc) is 3.09. The van der Waals surface area contributed by atoms with Crippen LogP contribution in [0.3, 0.4) is 0 Å². The average molecular weight is 391 g/mol. The van der Waals surface area contributed by atoms with Crippen LogP contribution in [0.1, 0.15) is 21.6 Å². The number of fused-ring (bicyclic) bond motifs is 1. The predicted molar refractivity (Wildman–Crippen MR) is 107 cm³/mol. The van der Waals surface area contributed by atoms with E-state index in [0.717, 1.165) is 3.97 Å². The van der Waals surface area contributed by atoms with Gasteiger partial charge >= 0.3 is 0 Å². The van der Waals surface area contributed by atoms with Gasteiger partial charge in [0.1, 0.15) is 0 Å². The number of ketones is 1. The van der Waals surface area contributed by atoms with Gasteiger partial charge in [0.05, 0.1) is 28.3 Å². The molecule has 1 N–H and O–H groups in total. The van der Waals surface area contributed by atoms with Crippen LogP contribution in [0, 0.1) is 0 Å². The third-order valence-corrected chi connectivity index (χ3v) is 6.39. The Labute approximate surface area is 162 Å². The normalized spacial score (nSPS) is 11.6. The van der Waals surface area contributed by atoms with Gasteiger partial charge < -0.3 is 5.11 Å². The Morgan fingerprint density at radius 3 is 2.04 bits per heavy atom. The second kappa shape index (κ2) is 7.07. The molecule has 1 aromatic heterocycles. The lowest BCUT2D eigenvalue weighted by Gasteiger charge is -2.11. The second-order valence-electron chi connectivity index (χ2n) is 6.27. The maximum atomic E-state index is 13.3. The van der Waals surface area contributed by atoms with Crippen molar-refractivity contribution in [2.24, 2.45) is 0 Å². The molecule has 6 heteroatoms. The summed E-state index contributed by atoms with van der Waals surface area (Å²) < 4.78 is 27.8. The van der Waals surface area contributed by atoms with Gasteiger partial charge in [-0.05, 0) is 18.2 Å². The molecule has 0 saturated carbocycles. The van der Waals surface area contributed by atoms with Gasteiger partial charge in [0.2, 0.25) is 0 Å². The van der Waals surface area contributed by atoms with E-state index in [1.807, 2.05) is 0 Å². The van der Waals surface area contributed by atoms with Crippen molar-refractivity contribution < 1.29 is 18.3 Å². The molecule has 0 fully saturated rings. The van der Waals surface area contributed by atoms with E-state index in [1.165, 1.54) is 12.1 Å². The van der Waals surface area contributed by atoms with E-state index in [1.54, 1.807) is 72.8 Å². The van der Waals surface area contributed by atoms with Crippen LogP contribution in [0.25, 0.3) is 10.9 Å². The summed E-state index contributed by atoms with van der Waals surface area (Å²) in [5, 5.41) is 10.6.